The Balaban J connectivity index is 3.27. The Kier molecular flexibility index (Phi) is 1.59. The molecule has 0 aromatic carbocycles. The summed E-state index contributed by atoms with van der Waals surface area (Å²) in [5, 5.41) is 10.2. The maximum atomic E-state index is 10.2. The molecule has 0 radical (unpaired) electrons. The summed E-state index contributed by atoms with van der Waals surface area (Å²) in [6.07, 6.45) is 1.24. The molecule has 0 unspecified atom stereocenters. The Morgan fingerprint density at radius 2 is 2.18 bits per heavy atom. The molecule has 0 bridgehead atoms. The number of nitrogens with zero attached hydrogens (tertiary/aromatic N) is 2. The predicted molar refractivity (Wildman–Crippen MR) is 39.7 cm³/mol. The summed E-state index contributed by atoms with van der Waals surface area (Å²) in [6.45, 7) is 0. The zero-order valence-corrected chi connectivity index (χ0v) is 5.52. The van der Waals surface area contributed by atoms with Crippen LogP contribution >= 0.6 is 0 Å². The van der Waals surface area contributed by atoms with E-state index < -0.39 is 10.7 Å². The SMILES string of the molecule is Nc1ccnc([N+](=O)[O-])c1N. The van der Waals surface area contributed by atoms with Crippen LogP contribution in [-0.4, -0.2) is 9.91 Å². The molecule has 1 aromatic heterocycles. The van der Waals surface area contributed by atoms with Crippen molar-refractivity contribution in [3.63, 3.8) is 0 Å². The van der Waals surface area contributed by atoms with Crippen LogP contribution in [0.15, 0.2) is 12.3 Å². The molecule has 58 valence electrons. The average Bonchev–Trinajstić information content (AvgIpc) is 1.94. The van der Waals surface area contributed by atoms with Gasteiger partial charge in [-0.2, -0.15) is 0 Å². The molecule has 0 spiro atoms. The number of nitrogen functional groups attached to an aromatic ring is 2. The van der Waals surface area contributed by atoms with Gasteiger partial charge in [-0.15, -0.1) is 0 Å². The van der Waals surface area contributed by atoms with Gasteiger partial charge in [0.15, 0.2) is 5.69 Å². The Morgan fingerprint density at radius 3 is 2.64 bits per heavy atom. The van der Waals surface area contributed by atoms with Crippen molar-refractivity contribution in [1.29, 1.82) is 0 Å². The molecule has 0 aliphatic rings. The second-order valence-corrected chi connectivity index (χ2v) is 1.89. The lowest BCUT2D eigenvalue weighted by molar-refractivity contribution is -0.388. The third-order valence-electron chi connectivity index (χ3n) is 1.18. The highest BCUT2D eigenvalue weighted by molar-refractivity contribution is 5.70. The summed E-state index contributed by atoms with van der Waals surface area (Å²) < 4.78 is 0. The minimum atomic E-state index is -0.675. The summed E-state index contributed by atoms with van der Waals surface area (Å²) in [7, 11) is 0. The molecule has 0 saturated carbocycles. The van der Waals surface area contributed by atoms with E-state index in [1.54, 1.807) is 0 Å². The van der Waals surface area contributed by atoms with E-state index in [0.717, 1.165) is 0 Å². The summed E-state index contributed by atoms with van der Waals surface area (Å²) in [6, 6.07) is 1.41. The van der Waals surface area contributed by atoms with Gasteiger partial charge in [0.1, 0.15) is 6.20 Å². The van der Waals surface area contributed by atoms with E-state index in [1.165, 1.54) is 12.3 Å². The molecule has 0 atom stereocenters. The molecule has 4 N–H and O–H groups in total. The monoisotopic (exact) mass is 154 g/mol. The molecule has 1 aromatic rings. The molecule has 0 amide bonds. The third kappa shape index (κ3) is 1.18. The highest BCUT2D eigenvalue weighted by Crippen LogP contribution is 2.22. The van der Waals surface area contributed by atoms with Gasteiger partial charge in [-0.3, -0.25) is 0 Å². The van der Waals surface area contributed by atoms with Gasteiger partial charge >= 0.3 is 5.82 Å². The first-order valence-electron chi connectivity index (χ1n) is 2.77. The van der Waals surface area contributed by atoms with E-state index in [9.17, 15) is 10.1 Å². The van der Waals surface area contributed by atoms with Crippen molar-refractivity contribution in [3.8, 4) is 0 Å². The molecule has 0 fully saturated rings. The quantitative estimate of drug-likeness (QED) is 0.442. The van der Waals surface area contributed by atoms with Gasteiger partial charge < -0.3 is 21.6 Å². The second-order valence-electron chi connectivity index (χ2n) is 1.89. The van der Waals surface area contributed by atoms with E-state index in [4.69, 9.17) is 11.5 Å². The molecule has 6 heteroatoms. The average molecular weight is 154 g/mol. The summed E-state index contributed by atoms with van der Waals surface area (Å²) in [5.41, 5.74) is 10.6. The topological polar surface area (TPSA) is 108 Å². The first-order chi connectivity index (χ1) is 5.13. The van der Waals surface area contributed by atoms with E-state index in [1.807, 2.05) is 0 Å². The number of aromatic nitrogens is 1. The summed E-state index contributed by atoms with van der Waals surface area (Å²) in [4.78, 5) is 12.9. The van der Waals surface area contributed by atoms with Crippen LogP contribution in [0.1, 0.15) is 0 Å². The maximum absolute atomic E-state index is 10.2. The first-order valence-corrected chi connectivity index (χ1v) is 2.77. The van der Waals surface area contributed by atoms with Crippen LogP contribution in [0.5, 0.6) is 0 Å². The second kappa shape index (κ2) is 2.41. The largest absolute Gasteiger partial charge is 0.397 e. The van der Waals surface area contributed by atoms with Crippen molar-refractivity contribution in [1.82, 2.24) is 4.98 Å². The van der Waals surface area contributed by atoms with E-state index >= 15 is 0 Å². The van der Waals surface area contributed by atoms with E-state index in [0.29, 0.717) is 0 Å². The van der Waals surface area contributed by atoms with Crippen molar-refractivity contribution in [2.75, 3.05) is 11.5 Å². The van der Waals surface area contributed by atoms with Crippen LogP contribution < -0.4 is 11.5 Å². The van der Waals surface area contributed by atoms with Gasteiger partial charge in [0.05, 0.1) is 5.69 Å². The molecule has 11 heavy (non-hydrogen) atoms. The van der Waals surface area contributed by atoms with Crippen molar-refractivity contribution < 1.29 is 4.92 Å². The van der Waals surface area contributed by atoms with Gasteiger partial charge in [-0.25, -0.2) is 0 Å². The third-order valence-corrected chi connectivity index (χ3v) is 1.18. The summed E-state index contributed by atoms with van der Waals surface area (Å²) in [5.74, 6) is -0.398. The molecule has 6 nitrogen and oxygen atoms in total. The Labute approximate surface area is 62.0 Å². The fraction of sp³-hybridized carbons (Fsp3) is 0. The first kappa shape index (κ1) is 7.26. The number of pyridine rings is 1. The molecule has 0 aliphatic carbocycles. The van der Waals surface area contributed by atoms with Crippen molar-refractivity contribution in [2.24, 2.45) is 0 Å². The van der Waals surface area contributed by atoms with Gasteiger partial charge in [0, 0.05) is 6.07 Å². The van der Waals surface area contributed by atoms with Crippen molar-refractivity contribution >= 4 is 17.2 Å². The smallest absolute Gasteiger partial charge is 0.388 e. The lowest BCUT2D eigenvalue weighted by atomic mass is 10.3. The fourth-order valence-corrected chi connectivity index (χ4v) is 0.622. The minimum Gasteiger partial charge on any atom is -0.397 e. The molecule has 1 rings (SSSR count). The summed E-state index contributed by atoms with van der Waals surface area (Å²) >= 11 is 0. The number of hydrogen-bond donors (Lipinski definition) is 2. The number of anilines is 2. The van der Waals surface area contributed by atoms with Gasteiger partial charge in [0.25, 0.3) is 0 Å². The Bertz CT molecular complexity index is 299. The number of nitrogens with two attached hydrogens (primary N) is 2. The molecule has 0 saturated heterocycles. The van der Waals surface area contributed by atoms with Crippen LogP contribution in [0.2, 0.25) is 0 Å². The van der Waals surface area contributed by atoms with Crippen LogP contribution in [0.4, 0.5) is 17.2 Å². The number of nitro groups is 1. The van der Waals surface area contributed by atoms with Crippen LogP contribution in [-0.2, 0) is 0 Å². The van der Waals surface area contributed by atoms with Gasteiger partial charge in [-0.05, 0) is 9.91 Å². The van der Waals surface area contributed by atoms with Gasteiger partial charge in [0.2, 0.25) is 0 Å². The molecule has 0 aliphatic heterocycles. The van der Waals surface area contributed by atoms with E-state index in [-0.39, 0.29) is 11.4 Å². The minimum absolute atomic E-state index is 0.0856. The molecular formula is C5H6N4O2. The molecular weight excluding hydrogens is 148 g/mol. The Morgan fingerprint density at radius 1 is 1.55 bits per heavy atom. The standard InChI is InChI=1S/C5H6N4O2/c6-3-1-2-8-5(4(3)7)9(10)11/h1-2H,7H2,(H2,6,8). The zero-order chi connectivity index (χ0) is 8.43. The van der Waals surface area contributed by atoms with Crippen molar-refractivity contribution in [2.45, 2.75) is 0 Å². The highest BCUT2D eigenvalue weighted by Gasteiger charge is 2.13. The fourth-order valence-electron chi connectivity index (χ4n) is 0.622. The lowest BCUT2D eigenvalue weighted by Crippen LogP contribution is -2.01. The maximum Gasteiger partial charge on any atom is 0.388 e. The highest BCUT2D eigenvalue weighted by atomic mass is 16.6. The normalized spacial score (nSPS) is 9.45. The van der Waals surface area contributed by atoms with Crippen LogP contribution in [0, 0.1) is 10.1 Å². The number of rotatable bonds is 1. The van der Waals surface area contributed by atoms with E-state index in [2.05, 4.69) is 4.98 Å². The van der Waals surface area contributed by atoms with Crippen LogP contribution in [0.25, 0.3) is 0 Å². The Hall–Kier alpha value is -1.85. The van der Waals surface area contributed by atoms with Crippen LogP contribution in [0.3, 0.4) is 0 Å². The van der Waals surface area contributed by atoms with Gasteiger partial charge in [-0.1, -0.05) is 0 Å². The zero-order valence-electron chi connectivity index (χ0n) is 5.52. The number of hydrogen-bond acceptors (Lipinski definition) is 5. The lowest BCUT2D eigenvalue weighted by Gasteiger charge is -1.97. The predicted octanol–water partition coefficient (Wildman–Crippen LogP) is 0.154. The van der Waals surface area contributed by atoms with Crippen molar-refractivity contribution in [3.05, 3.63) is 22.4 Å². The molecule has 1 heterocycles.